The number of hydrogen-bond donors (Lipinski definition) is 3. The van der Waals surface area contributed by atoms with Gasteiger partial charge in [-0.1, -0.05) is 39.3 Å². The van der Waals surface area contributed by atoms with E-state index >= 15 is 0 Å². The van der Waals surface area contributed by atoms with Gasteiger partial charge in [-0.3, -0.25) is 4.79 Å². The maximum Gasteiger partial charge on any atom is 0.313 e. The molecule has 24 heavy (non-hydrogen) atoms. The largest absolute Gasteiger partial charge is 0.481 e. The standard InChI is InChI=1S/C20H30O4/c1-5-18(4)9-10-20(24)13(12-18)14(21)11-15-17(2,3)7-6-8-19(15,20)16(22)23/h5,12,14-15,21,24H,1,6-11H2,2-4H3,(H,22,23)/t14-,15-,18-,19-,20+/m0/s1. The number of carboxylic acids is 1. The van der Waals surface area contributed by atoms with E-state index in [0.717, 1.165) is 12.8 Å². The number of carboxylic acid groups (broad SMARTS) is 1. The van der Waals surface area contributed by atoms with Crippen molar-refractivity contribution in [3.8, 4) is 0 Å². The van der Waals surface area contributed by atoms with Crippen LogP contribution in [0.15, 0.2) is 24.3 Å². The quantitative estimate of drug-likeness (QED) is 0.677. The lowest BCUT2D eigenvalue weighted by Gasteiger charge is -2.63. The van der Waals surface area contributed by atoms with Crippen molar-refractivity contribution in [2.75, 3.05) is 0 Å². The number of rotatable bonds is 2. The molecule has 0 spiro atoms. The number of fused-ring (bicyclic) bond motifs is 3. The van der Waals surface area contributed by atoms with Gasteiger partial charge in [-0.2, -0.15) is 0 Å². The molecule has 134 valence electrons. The molecule has 4 heteroatoms. The van der Waals surface area contributed by atoms with Crippen LogP contribution in [-0.2, 0) is 4.79 Å². The number of allylic oxidation sites excluding steroid dienone is 2. The predicted molar refractivity (Wildman–Crippen MR) is 92.4 cm³/mol. The first kappa shape index (κ1) is 17.7. The van der Waals surface area contributed by atoms with E-state index in [1.807, 2.05) is 19.1 Å². The summed E-state index contributed by atoms with van der Waals surface area (Å²) in [5, 5.41) is 32.7. The molecule has 0 bridgehead atoms. The summed E-state index contributed by atoms with van der Waals surface area (Å²) in [5.41, 5.74) is -2.69. The second-order valence-electron chi connectivity index (χ2n) is 9.09. The summed E-state index contributed by atoms with van der Waals surface area (Å²) in [5.74, 6) is -1.15. The minimum atomic E-state index is -1.47. The van der Waals surface area contributed by atoms with E-state index < -0.39 is 23.1 Å². The normalized spacial score (nSPS) is 47.1. The molecule has 0 radical (unpaired) electrons. The third kappa shape index (κ3) is 2.08. The monoisotopic (exact) mass is 334 g/mol. The first-order chi connectivity index (χ1) is 11.0. The van der Waals surface area contributed by atoms with Gasteiger partial charge in [-0.05, 0) is 49.0 Å². The highest BCUT2D eigenvalue weighted by Gasteiger charge is 2.69. The van der Waals surface area contributed by atoms with Crippen molar-refractivity contribution in [2.45, 2.75) is 71.0 Å². The molecule has 2 fully saturated rings. The SMILES string of the molecule is C=C[C@]1(C)C=C2[C@@H](O)C[C@H]3C(C)(C)CCC[C@]3(C(=O)O)[C@@]2(O)CC1. The third-order valence-corrected chi connectivity index (χ3v) is 7.32. The van der Waals surface area contributed by atoms with Crippen molar-refractivity contribution < 1.29 is 20.1 Å². The zero-order valence-corrected chi connectivity index (χ0v) is 15.0. The van der Waals surface area contributed by atoms with Gasteiger partial charge in [-0.25, -0.2) is 0 Å². The predicted octanol–water partition coefficient (Wildman–Crippen LogP) is 3.29. The van der Waals surface area contributed by atoms with E-state index in [1.54, 1.807) is 0 Å². The van der Waals surface area contributed by atoms with Gasteiger partial charge in [0.15, 0.2) is 0 Å². The minimum absolute atomic E-state index is 0.210. The smallest absolute Gasteiger partial charge is 0.313 e. The van der Waals surface area contributed by atoms with Gasteiger partial charge >= 0.3 is 5.97 Å². The Bertz CT molecular complexity index is 607. The number of aliphatic carboxylic acids is 1. The molecule has 0 aromatic rings. The van der Waals surface area contributed by atoms with Gasteiger partial charge in [0.2, 0.25) is 0 Å². The lowest BCUT2D eigenvalue weighted by Crippen LogP contribution is -2.68. The summed E-state index contributed by atoms with van der Waals surface area (Å²) < 4.78 is 0. The fraction of sp³-hybridized carbons (Fsp3) is 0.750. The second-order valence-corrected chi connectivity index (χ2v) is 9.09. The fourth-order valence-corrected chi connectivity index (χ4v) is 5.79. The van der Waals surface area contributed by atoms with Gasteiger partial charge in [0.05, 0.1) is 6.10 Å². The maximum atomic E-state index is 12.5. The van der Waals surface area contributed by atoms with Gasteiger partial charge in [0, 0.05) is 5.41 Å². The van der Waals surface area contributed by atoms with Crippen molar-refractivity contribution in [3.63, 3.8) is 0 Å². The average molecular weight is 334 g/mol. The molecule has 3 rings (SSSR count). The summed E-state index contributed by atoms with van der Waals surface area (Å²) in [4.78, 5) is 12.5. The highest BCUT2D eigenvalue weighted by Crippen LogP contribution is 2.65. The Labute approximate surface area is 144 Å². The minimum Gasteiger partial charge on any atom is -0.481 e. The van der Waals surface area contributed by atoms with Crippen molar-refractivity contribution in [3.05, 3.63) is 24.3 Å². The van der Waals surface area contributed by atoms with E-state index in [-0.39, 0.29) is 16.7 Å². The Morgan fingerprint density at radius 2 is 1.92 bits per heavy atom. The Morgan fingerprint density at radius 1 is 1.25 bits per heavy atom. The molecule has 0 saturated heterocycles. The topological polar surface area (TPSA) is 77.8 Å². The molecule has 0 aromatic heterocycles. The van der Waals surface area contributed by atoms with Crippen LogP contribution in [0.4, 0.5) is 0 Å². The van der Waals surface area contributed by atoms with Crippen LogP contribution < -0.4 is 0 Å². The van der Waals surface area contributed by atoms with E-state index in [2.05, 4.69) is 20.4 Å². The average Bonchev–Trinajstić information content (AvgIpc) is 2.50. The number of aliphatic hydroxyl groups is 2. The third-order valence-electron chi connectivity index (χ3n) is 7.32. The van der Waals surface area contributed by atoms with Gasteiger partial charge in [-0.15, -0.1) is 6.58 Å². The number of carbonyl (C=O) groups is 1. The van der Waals surface area contributed by atoms with Crippen molar-refractivity contribution >= 4 is 5.97 Å². The maximum absolute atomic E-state index is 12.5. The molecule has 5 atom stereocenters. The Balaban J connectivity index is 2.22. The molecule has 0 unspecified atom stereocenters. The Morgan fingerprint density at radius 3 is 2.50 bits per heavy atom. The van der Waals surface area contributed by atoms with E-state index in [4.69, 9.17) is 0 Å². The molecule has 3 aliphatic carbocycles. The summed E-state index contributed by atoms with van der Waals surface area (Å²) in [7, 11) is 0. The molecule has 2 saturated carbocycles. The lowest BCUT2D eigenvalue weighted by atomic mass is 9.42. The number of aliphatic hydroxyl groups excluding tert-OH is 1. The molecular weight excluding hydrogens is 304 g/mol. The van der Waals surface area contributed by atoms with E-state index in [9.17, 15) is 20.1 Å². The second kappa shape index (κ2) is 5.18. The summed E-state index contributed by atoms with van der Waals surface area (Å²) in [6.45, 7) is 10.1. The zero-order chi connectivity index (χ0) is 18.0. The van der Waals surface area contributed by atoms with Crippen LogP contribution in [0, 0.1) is 22.2 Å². The van der Waals surface area contributed by atoms with Crippen molar-refractivity contribution in [1.29, 1.82) is 0 Å². The molecule has 0 aliphatic heterocycles. The molecule has 3 aliphatic rings. The molecule has 4 nitrogen and oxygen atoms in total. The summed E-state index contributed by atoms with van der Waals surface area (Å²) >= 11 is 0. The first-order valence-electron chi connectivity index (χ1n) is 9.03. The van der Waals surface area contributed by atoms with Crippen LogP contribution in [0.1, 0.15) is 59.3 Å². The highest BCUT2D eigenvalue weighted by atomic mass is 16.4. The van der Waals surface area contributed by atoms with E-state index in [1.165, 1.54) is 0 Å². The first-order valence-corrected chi connectivity index (χ1v) is 9.03. The molecule has 0 aromatic carbocycles. The van der Waals surface area contributed by atoms with Gasteiger partial charge in [0.1, 0.15) is 11.0 Å². The van der Waals surface area contributed by atoms with Crippen LogP contribution in [0.3, 0.4) is 0 Å². The van der Waals surface area contributed by atoms with Crippen LogP contribution in [0.2, 0.25) is 0 Å². The number of hydrogen-bond acceptors (Lipinski definition) is 3. The zero-order valence-electron chi connectivity index (χ0n) is 15.0. The van der Waals surface area contributed by atoms with Gasteiger partial charge in [0.25, 0.3) is 0 Å². The fourth-order valence-electron chi connectivity index (χ4n) is 5.79. The molecular formula is C20H30O4. The Kier molecular flexibility index (Phi) is 3.82. The Hall–Kier alpha value is -1.13. The van der Waals surface area contributed by atoms with Crippen LogP contribution in [0.25, 0.3) is 0 Å². The molecule has 0 heterocycles. The van der Waals surface area contributed by atoms with Crippen LogP contribution in [0.5, 0.6) is 0 Å². The lowest BCUT2D eigenvalue weighted by molar-refractivity contribution is -0.211. The molecule has 3 N–H and O–H groups in total. The van der Waals surface area contributed by atoms with Crippen LogP contribution >= 0.6 is 0 Å². The van der Waals surface area contributed by atoms with Crippen LogP contribution in [-0.4, -0.2) is 33.0 Å². The highest BCUT2D eigenvalue weighted by molar-refractivity contribution is 5.79. The van der Waals surface area contributed by atoms with Crippen molar-refractivity contribution in [2.24, 2.45) is 22.2 Å². The van der Waals surface area contributed by atoms with Crippen molar-refractivity contribution in [1.82, 2.24) is 0 Å². The van der Waals surface area contributed by atoms with Gasteiger partial charge < -0.3 is 15.3 Å². The summed E-state index contributed by atoms with van der Waals surface area (Å²) in [6, 6.07) is 0. The van der Waals surface area contributed by atoms with E-state index in [0.29, 0.717) is 31.3 Å². The summed E-state index contributed by atoms with van der Waals surface area (Å²) in [6.07, 6.45) is 6.53. The molecule has 0 amide bonds.